The summed E-state index contributed by atoms with van der Waals surface area (Å²) in [6, 6.07) is 5.60. The number of hydrogen-bond donors (Lipinski definition) is 2. The first-order valence-corrected chi connectivity index (χ1v) is 5.05. The van der Waals surface area contributed by atoms with Crippen LogP contribution >= 0.6 is 0 Å². The van der Waals surface area contributed by atoms with Crippen molar-refractivity contribution in [3.05, 3.63) is 30.0 Å². The summed E-state index contributed by atoms with van der Waals surface area (Å²) in [5.41, 5.74) is 11.8. The van der Waals surface area contributed by atoms with Crippen molar-refractivity contribution in [1.82, 2.24) is 9.78 Å². The highest BCUT2D eigenvalue weighted by Gasteiger charge is 2.34. The van der Waals surface area contributed by atoms with Crippen LogP contribution in [0.5, 0.6) is 0 Å². The van der Waals surface area contributed by atoms with Crippen molar-refractivity contribution in [2.45, 2.75) is 6.18 Å². The summed E-state index contributed by atoms with van der Waals surface area (Å²) in [5, 5.41) is 3.43. The molecular formula is C11H11F3N4. The minimum atomic E-state index is -4.47. The highest BCUT2D eigenvalue weighted by molar-refractivity contribution is 5.77. The van der Waals surface area contributed by atoms with E-state index < -0.39 is 11.9 Å². The molecule has 0 unspecified atom stereocenters. The minimum absolute atomic E-state index is 0.292. The van der Waals surface area contributed by atoms with Crippen molar-refractivity contribution in [3.8, 4) is 11.3 Å². The summed E-state index contributed by atoms with van der Waals surface area (Å²) in [6.45, 7) is 0. The van der Waals surface area contributed by atoms with Gasteiger partial charge in [-0.1, -0.05) is 0 Å². The summed E-state index contributed by atoms with van der Waals surface area (Å²) >= 11 is 0. The summed E-state index contributed by atoms with van der Waals surface area (Å²) < 4.78 is 38.7. The Morgan fingerprint density at radius 2 is 1.83 bits per heavy atom. The molecule has 0 bridgehead atoms. The van der Waals surface area contributed by atoms with E-state index in [1.54, 1.807) is 12.1 Å². The van der Waals surface area contributed by atoms with Gasteiger partial charge in [-0.05, 0) is 24.3 Å². The molecule has 0 aliphatic rings. The molecule has 4 N–H and O–H groups in total. The molecule has 1 aromatic heterocycles. The molecule has 0 fully saturated rings. The maximum Gasteiger partial charge on any atom is 0.435 e. The third-order valence-electron chi connectivity index (χ3n) is 2.52. The second kappa shape index (κ2) is 3.94. The molecule has 0 aliphatic heterocycles. The Bertz CT molecular complexity index is 586. The van der Waals surface area contributed by atoms with Gasteiger partial charge >= 0.3 is 6.18 Å². The number of alkyl halides is 3. The van der Waals surface area contributed by atoms with Gasteiger partial charge < -0.3 is 11.5 Å². The topological polar surface area (TPSA) is 69.9 Å². The number of nitrogens with zero attached hydrogens (tertiary/aromatic N) is 2. The lowest BCUT2D eigenvalue weighted by atomic mass is 10.1. The van der Waals surface area contributed by atoms with E-state index in [9.17, 15) is 13.2 Å². The molecule has 0 radical (unpaired) electrons. The van der Waals surface area contributed by atoms with Crippen LogP contribution < -0.4 is 11.5 Å². The monoisotopic (exact) mass is 256 g/mol. The second-order valence-corrected chi connectivity index (χ2v) is 3.88. The molecule has 7 heteroatoms. The SMILES string of the molecule is Cn1nc(C(F)(F)F)cc1-c1ccc(N)cc1N. The van der Waals surface area contributed by atoms with Crippen LogP contribution in [-0.4, -0.2) is 9.78 Å². The molecule has 0 aliphatic carbocycles. The number of hydrogen-bond acceptors (Lipinski definition) is 3. The quantitative estimate of drug-likeness (QED) is 0.769. The third-order valence-corrected chi connectivity index (χ3v) is 2.52. The van der Waals surface area contributed by atoms with Crippen molar-refractivity contribution in [2.75, 3.05) is 11.5 Å². The van der Waals surface area contributed by atoms with Crippen molar-refractivity contribution < 1.29 is 13.2 Å². The zero-order valence-corrected chi connectivity index (χ0v) is 9.49. The second-order valence-electron chi connectivity index (χ2n) is 3.88. The van der Waals surface area contributed by atoms with Gasteiger partial charge in [-0.15, -0.1) is 0 Å². The zero-order chi connectivity index (χ0) is 13.5. The first kappa shape index (κ1) is 12.3. The number of anilines is 2. The molecular weight excluding hydrogens is 245 g/mol. The van der Waals surface area contributed by atoms with E-state index in [1.807, 2.05) is 0 Å². The minimum Gasteiger partial charge on any atom is -0.399 e. The Balaban J connectivity index is 2.55. The molecule has 0 saturated heterocycles. The lowest BCUT2D eigenvalue weighted by molar-refractivity contribution is -0.141. The number of aromatic nitrogens is 2. The number of nitrogen functional groups attached to an aromatic ring is 2. The number of aryl methyl sites for hydroxylation is 1. The predicted octanol–water partition coefficient (Wildman–Crippen LogP) is 2.27. The van der Waals surface area contributed by atoms with Crippen LogP contribution in [0.3, 0.4) is 0 Å². The fraction of sp³-hybridized carbons (Fsp3) is 0.182. The van der Waals surface area contributed by atoms with Crippen LogP contribution in [0.2, 0.25) is 0 Å². The number of rotatable bonds is 1. The molecule has 1 heterocycles. The normalized spacial score (nSPS) is 11.8. The van der Waals surface area contributed by atoms with Crippen molar-refractivity contribution in [2.24, 2.45) is 7.05 Å². The van der Waals surface area contributed by atoms with Crippen LogP contribution in [0.4, 0.5) is 24.5 Å². The smallest absolute Gasteiger partial charge is 0.399 e. The van der Waals surface area contributed by atoms with Gasteiger partial charge in [0, 0.05) is 24.0 Å². The van der Waals surface area contributed by atoms with E-state index in [1.165, 1.54) is 13.1 Å². The molecule has 18 heavy (non-hydrogen) atoms. The Kier molecular flexibility index (Phi) is 2.68. The van der Waals surface area contributed by atoms with Crippen LogP contribution in [-0.2, 0) is 13.2 Å². The number of nitrogens with two attached hydrogens (primary N) is 2. The average molecular weight is 256 g/mol. The Morgan fingerprint density at radius 1 is 1.17 bits per heavy atom. The van der Waals surface area contributed by atoms with Crippen molar-refractivity contribution in [1.29, 1.82) is 0 Å². The zero-order valence-electron chi connectivity index (χ0n) is 9.49. The van der Waals surface area contributed by atoms with Crippen LogP contribution in [0.25, 0.3) is 11.3 Å². The predicted molar refractivity (Wildman–Crippen MR) is 62.5 cm³/mol. The molecule has 0 amide bonds. The van der Waals surface area contributed by atoms with Gasteiger partial charge in [0.05, 0.1) is 5.69 Å². The van der Waals surface area contributed by atoms with Gasteiger partial charge in [0.25, 0.3) is 0 Å². The number of halogens is 3. The third kappa shape index (κ3) is 2.11. The molecule has 0 atom stereocenters. The van der Waals surface area contributed by atoms with Crippen molar-refractivity contribution in [3.63, 3.8) is 0 Å². The number of benzene rings is 1. The van der Waals surface area contributed by atoms with E-state index in [-0.39, 0.29) is 0 Å². The molecule has 4 nitrogen and oxygen atoms in total. The maximum absolute atomic E-state index is 12.5. The van der Waals surface area contributed by atoms with E-state index in [4.69, 9.17) is 11.5 Å². The highest BCUT2D eigenvalue weighted by Crippen LogP contribution is 2.33. The maximum atomic E-state index is 12.5. The van der Waals surface area contributed by atoms with E-state index in [0.717, 1.165) is 10.7 Å². The van der Waals surface area contributed by atoms with Gasteiger partial charge in [-0.3, -0.25) is 4.68 Å². The van der Waals surface area contributed by atoms with Gasteiger partial charge in [0.15, 0.2) is 5.69 Å². The molecule has 96 valence electrons. The summed E-state index contributed by atoms with van der Waals surface area (Å²) in [6.07, 6.45) is -4.47. The molecule has 0 saturated carbocycles. The lowest BCUT2D eigenvalue weighted by Gasteiger charge is -2.06. The first-order valence-electron chi connectivity index (χ1n) is 5.05. The van der Waals surface area contributed by atoms with Gasteiger partial charge in [0.1, 0.15) is 0 Å². The standard InChI is InChI=1S/C11H11F3N4/c1-18-9(5-10(17-18)11(12,13)14)7-3-2-6(15)4-8(7)16/h2-5H,15-16H2,1H3. The van der Waals surface area contributed by atoms with Crippen LogP contribution in [0.15, 0.2) is 24.3 Å². The average Bonchev–Trinajstić information content (AvgIpc) is 2.60. The highest BCUT2D eigenvalue weighted by atomic mass is 19.4. The van der Waals surface area contributed by atoms with E-state index in [0.29, 0.717) is 22.6 Å². The summed E-state index contributed by atoms with van der Waals surface area (Å²) in [7, 11) is 1.43. The lowest BCUT2D eigenvalue weighted by Crippen LogP contribution is -2.06. The van der Waals surface area contributed by atoms with E-state index >= 15 is 0 Å². The Hall–Kier alpha value is -2.18. The van der Waals surface area contributed by atoms with Crippen LogP contribution in [0, 0.1) is 0 Å². The van der Waals surface area contributed by atoms with Gasteiger partial charge in [0.2, 0.25) is 0 Å². The molecule has 2 aromatic rings. The fourth-order valence-corrected chi connectivity index (χ4v) is 1.67. The van der Waals surface area contributed by atoms with Gasteiger partial charge in [-0.25, -0.2) is 0 Å². The van der Waals surface area contributed by atoms with Gasteiger partial charge in [-0.2, -0.15) is 18.3 Å². The molecule has 1 aromatic carbocycles. The summed E-state index contributed by atoms with van der Waals surface area (Å²) in [5.74, 6) is 0. The Morgan fingerprint density at radius 3 is 2.33 bits per heavy atom. The first-order chi connectivity index (χ1) is 8.29. The van der Waals surface area contributed by atoms with E-state index in [2.05, 4.69) is 5.10 Å². The fourth-order valence-electron chi connectivity index (χ4n) is 1.67. The molecule has 2 rings (SSSR count). The summed E-state index contributed by atoms with van der Waals surface area (Å²) in [4.78, 5) is 0. The molecule has 0 spiro atoms. The largest absolute Gasteiger partial charge is 0.435 e. The van der Waals surface area contributed by atoms with Crippen LogP contribution in [0.1, 0.15) is 5.69 Å². The Labute approximate surface area is 101 Å². The van der Waals surface area contributed by atoms with Crippen molar-refractivity contribution >= 4 is 11.4 Å².